The zero-order chi connectivity index (χ0) is 13.8. The summed E-state index contributed by atoms with van der Waals surface area (Å²) < 4.78 is 0. The van der Waals surface area contributed by atoms with Gasteiger partial charge in [0.25, 0.3) is 0 Å². The number of hydrogen-bond acceptors (Lipinski definition) is 3. The number of aldehydes is 1. The van der Waals surface area contributed by atoms with Crippen LogP contribution in [0.3, 0.4) is 0 Å². The van der Waals surface area contributed by atoms with Gasteiger partial charge in [-0.25, -0.2) is 0 Å². The zero-order valence-electron chi connectivity index (χ0n) is 11.6. The summed E-state index contributed by atoms with van der Waals surface area (Å²) in [4.78, 5) is 10.0. The van der Waals surface area contributed by atoms with Crippen molar-refractivity contribution in [1.82, 2.24) is 5.32 Å². The molecule has 0 bridgehead atoms. The molecule has 18 heavy (non-hydrogen) atoms. The molecule has 2 N–H and O–H groups in total. The van der Waals surface area contributed by atoms with Crippen molar-refractivity contribution >= 4 is 6.29 Å². The smallest absolute Gasteiger partial charge is 0.124 e. The molecule has 0 unspecified atom stereocenters. The van der Waals surface area contributed by atoms with Crippen LogP contribution in [0.15, 0.2) is 24.3 Å². The Balaban J connectivity index is 0.000000308. The zero-order valence-corrected chi connectivity index (χ0v) is 11.6. The normalized spacial score (nSPS) is 13.3. The number of hydrogen-bond donors (Lipinski definition) is 2. The average molecular weight is 251 g/mol. The number of benzene rings is 1. The number of phenolic OH excluding ortho intramolecular Hbond substituents is 1. The van der Waals surface area contributed by atoms with E-state index in [1.807, 2.05) is 20.9 Å². The summed E-state index contributed by atoms with van der Waals surface area (Å²) in [5.41, 5.74) is 0.843. The molecule has 0 radical (unpaired) electrons. The molecule has 3 heteroatoms. The van der Waals surface area contributed by atoms with E-state index in [9.17, 15) is 4.79 Å². The third-order valence-electron chi connectivity index (χ3n) is 2.74. The highest BCUT2D eigenvalue weighted by Crippen LogP contribution is 2.16. The van der Waals surface area contributed by atoms with Gasteiger partial charge >= 0.3 is 0 Å². The maximum atomic E-state index is 10.0. The molecule has 1 aliphatic rings. The summed E-state index contributed by atoms with van der Waals surface area (Å²) >= 11 is 0. The monoisotopic (exact) mass is 251 g/mol. The lowest BCUT2D eigenvalue weighted by atomic mass is 9.94. The van der Waals surface area contributed by atoms with Crippen LogP contribution >= 0.6 is 0 Å². The van der Waals surface area contributed by atoms with E-state index >= 15 is 0 Å². The average Bonchev–Trinajstić information content (AvgIpc) is 2.31. The number of aromatic hydroxyl groups is 1. The molecule has 1 fully saturated rings. The molecule has 0 heterocycles. The molecule has 0 spiro atoms. The van der Waals surface area contributed by atoms with Crippen LogP contribution in [-0.2, 0) is 11.2 Å². The Morgan fingerprint density at radius 2 is 2.06 bits per heavy atom. The van der Waals surface area contributed by atoms with Gasteiger partial charge in [-0.1, -0.05) is 32.4 Å². The molecule has 3 nitrogen and oxygen atoms in total. The van der Waals surface area contributed by atoms with Crippen LogP contribution < -0.4 is 5.32 Å². The fourth-order valence-electron chi connectivity index (χ4n) is 1.48. The highest BCUT2D eigenvalue weighted by molar-refractivity contribution is 5.55. The van der Waals surface area contributed by atoms with Crippen molar-refractivity contribution in [3.8, 4) is 5.75 Å². The molecule has 0 aromatic heterocycles. The molecule has 0 amide bonds. The first-order valence-corrected chi connectivity index (χ1v) is 6.65. The highest BCUT2D eigenvalue weighted by atomic mass is 16.3. The van der Waals surface area contributed by atoms with Gasteiger partial charge in [-0.3, -0.25) is 0 Å². The second-order valence-corrected chi connectivity index (χ2v) is 3.96. The number of nitrogens with one attached hydrogen (secondary N) is 1. The maximum Gasteiger partial charge on any atom is 0.124 e. The SMILES string of the molecule is CC.CNC1CCC1.O=CCc1cccc(O)c1. The fourth-order valence-corrected chi connectivity index (χ4v) is 1.48. The van der Waals surface area contributed by atoms with E-state index in [2.05, 4.69) is 5.32 Å². The van der Waals surface area contributed by atoms with Crippen molar-refractivity contribution in [3.63, 3.8) is 0 Å². The number of rotatable bonds is 3. The van der Waals surface area contributed by atoms with Gasteiger partial charge in [-0.2, -0.15) is 0 Å². The van der Waals surface area contributed by atoms with Gasteiger partial charge in [0.1, 0.15) is 12.0 Å². The third kappa shape index (κ3) is 7.07. The predicted octanol–water partition coefficient (Wildman–Crippen LogP) is 2.92. The lowest BCUT2D eigenvalue weighted by molar-refractivity contribution is -0.107. The Morgan fingerprint density at radius 3 is 2.39 bits per heavy atom. The topological polar surface area (TPSA) is 49.3 Å². The minimum atomic E-state index is 0.208. The summed E-state index contributed by atoms with van der Waals surface area (Å²) in [6.45, 7) is 4.00. The van der Waals surface area contributed by atoms with E-state index in [-0.39, 0.29) is 5.75 Å². The minimum absolute atomic E-state index is 0.208. The largest absolute Gasteiger partial charge is 0.508 e. The molecule has 0 aliphatic heterocycles. The molecule has 102 valence electrons. The molecule has 2 rings (SSSR count). The Kier molecular flexibility index (Phi) is 9.97. The standard InChI is InChI=1S/C8H8O2.C5H11N.C2H6/c9-5-4-7-2-1-3-8(10)6-7;1-6-5-3-2-4-5;1-2/h1-3,5-6,10H,4H2;5-6H,2-4H2,1H3;1-2H3. The van der Waals surface area contributed by atoms with Gasteiger partial charge in [-0.15, -0.1) is 0 Å². The molecule has 1 aromatic rings. The third-order valence-corrected chi connectivity index (χ3v) is 2.74. The number of carbonyl (C=O) groups excluding carboxylic acids is 1. The first-order chi connectivity index (χ1) is 8.76. The van der Waals surface area contributed by atoms with Crippen LogP contribution in [0.25, 0.3) is 0 Å². The van der Waals surface area contributed by atoms with Crippen LogP contribution in [0.2, 0.25) is 0 Å². The van der Waals surface area contributed by atoms with E-state index in [1.165, 1.54) is 19.3 Å². The summed E-state index contributed by atoms with van der Waals surface area (Å²) in [6, 6.07) is 7.54. The molecule has 1 aliphatic carbocycles. The summed E-state index contributed by atoms with van der Waals surface area (Å²) in [7, 11) is 2.03. The van der Waals surface area contributed by atoms with E-state index < -0.39 is 0 Å². The van der Waals surface area contributed by atoms with E-state index in [0.717, 1.165) is 17.9 Å². The quantitative estimate of drug-likeness (QED) is 0.812. The second-order valence-electron chi connectivity index (χ2n) is 3.96. The minimum Gasteiger partial charge on any atom is -0.508 e. The van der Waals surface area contributed by atoms with Gasteiger partial charge < -0.3 is 15.2 Å². The van der Waals surface area contributed by atoms with Crippen LogP contribution in [0, 0.1) is 0 Å². The van der Waals surface area contributed by atoms with Crippen LogP contribution in [-0.4, -0.2) is 24.5 Å². The molecule has 1 aromatic carbocycles. The summed E-state index contributed by atoms with van der Waals surface area (Å²) in [5.74, 6) is 0.208. The number of carbonyl (C=O) groups is 1. The van der Waals surface area contributed by atoms with Gasteiger partial charge in [0.05, 0.1) is 0 Å². The Hall–Kier alpha value is -1.35. The van der Waals surface area contributed by atoms with Crippen LogP contribution in [0.1, 0.15) is 38.7 Å². The van der Waals surface area contributed by atoms with Crippen molar-refractivity contribution in [1.29, 1.82) is 0 Å². The Bertz CT molecular complexity index is 319. The van der Waals surface area contributed by atoms with Crippen LogP contribution in [0.5, 0.6) is 5.75 Å². The van der Waals surface area contributed by atoms with E-state index in [1.54, 1.807) is 24.3 Å². The van der Waals surface area contributed by atoms with Crippen molar-refractivity contribution < 1.29 is 9.90 Å². The first-order valence-electron chi connectivity index (χ1n) is 6.65. The molecule has 0 saturated heterocycles. The van der Waals surface area contributed by atoms with Crippen LogP contribution in [0.4, 0.5) is 0 Å². The maximum absolute atomic E-state index is 10.0. The van der Waals surface area contributed by atoms with Crippen molar-refractivity contribution in [3.05, 3.63) is 29.8 Å². The summed E-state index contributed by atoms with van der Waals surface area (Å²) in [5, 5.41) is 12.1. The van der Waals surface area contributed by atoms with E-state index in [4.69, 9.17) is 5.11 Å². The molecule has 1 saturated carbocycles. The molecular formula is C15H25NO2. The molecular weight excluding hydrogens is 226 g/mol. The lowest BCUT2D eigenvalue weighted by Gasteiger charge is -2.23. The van der Waals surface area contributed by atoms with Gasteiger partial charge in [0, 0.05) is 12.5 Å². The van der Waals surface area contributed by atoms with Crippen molar-refractivity contribution in [2.24, 2.45) is 0 Å². The highest BCUT2D eigenvalue weighted by Gasteiger charge is 2.13. The van der Waals surface area contributed by atoms with Crippen molar-refractivity contribution in [2.45, 2.75) is 45.6 Å². The lowest BCUT2D eigenvalue weighted by Crippen LogP contribution is -2.31. The Labute approximate surface area is 110 Å². The van der Waals surface area contributed by atoms with Gasteiger partial charge in [0.15, 0.2) is 0 Å². The summed E-state index contributed by atoms with van der Waals surface area (Å²) in [6.07, 6.45) is 5.42. The van der Waals surface area contributed by atoms with Gasteiger partial charge in [0.2, 0.25) is 0 Å². The predicted molar refractivity (Wildman–Crippen MR) is 75.9 cm³/mol. The fraction of sp³-hybridized carbons (Fsp3) is 0.533. The van der Waals surface area contributed by atoms with E-state index in [0.29, 0.717) is 6.42 Å². The number of phenols is 1. The first kappa shape index (κ1) is 16.6. The van der Waals surface area contributed by atoms with Gasteiger partial charge in [-0.05, 0) is 37.6 Å². The Morgan fingerprint density at radius 1 is 1.39 bits per heavy atom. The van der Waals surface area contributed by atoms with Crippen molar-refractivity contribution in [2.75, 3.05) is 7.05 Å². The molecule has 0 atom stereocenters. The second kappa shape index (κ2) is 10.8.